The molecule has 3 heterocycles. The highest BCUT2D eigenvalue weighted by Crippen LogP contribution is 2.26. The number of aryl methyl sites for hydroxylation is 1. The van der Waals surface area contributed by atoms with E-state index >= 15 is 0 Å². The molecule has 4 aromatic rings. The fourth-order valence-electron chi connectivity index (χ4n) is 2.88. The van der Waals surface area contributed by atoms with Crippen molar-refractivity contribution in [2.75, 3.05) is 0 Å². The highest BCUT2D eigenvalue weighted by atomic mass is 16.4. The lowest BCUT2D eigenvalue weighted by Crippen LogP contribution is -2.19. The van der Waals surface area contributed by atoms with Gasteiger partial charge < -0.3 is 9.40 Å². The predicted octanol–water partition coefficient (Wildman–Crippen LogP) is 3.78. The first-order chi connectivity index (χ1) is 12.1. The van der Waals surface area contributed by atoms with Crippen LogP contribution in [-0.2, 0) is 0 Å². The Kier molecular flexibility index (Phi) is 3.53. The molecule has 4 rings (SSSR count). The van der Waals surface area contributed by atoms with E-state index in [2.05, 4.69) is 15.1 Å². The van der Waals surface area contributed by atoms with Crippen LogP contribution in [0.15, 0.2) is 51.9 Å². The van der Waals surface area contributed by atoms with Gasteiger partial charge in [0.2, 0.25) is 5.89 Å². The Labute approximate surface area is 144 Å². The molecule has 126 valence electrons. The molecule has 0 aliphatic heterocycles. The molecule has 3 aromatic heterocycles. The number of aromatic amines is 1. The first-order valence-electron chi connectivity index (χ1n) is 8.18. The molecular formula is C19H18N4O2. The van der Waals surface area contributed by atoms with Crippen LogP contribution in [0.25, 0.3) is 28.2 Å². The number of oxazole rings is 1. The summed E-state index contributed by atoms with van der Waals surface area (Å²) in [5, 5.41) is 4.27. The minimum atomic E-state index is -0.245. The van der Waals surface area contributed by atoms with Gasteiger partial charge in [0.15, 0.2) is 0 Å². The Morgan fingerprint density at radius 3 is 2.60 bits per heavy atom. The van der Waals surface area contributed by atoms with Crippen molar-refractivity contribution in [3.05, 3.63) is 64.5 Å². The van der Waals surface area contributed by atoms with Crippen LogP contribution >= 0.6 is 0 Å². The molecule has 0 atom stereocenters. The second kappa shape index (κ2) is 5.73. The highest BCUT2D eigenvalue weighted by Gasteiger charge is 2.20. The van der Waals surface area contributed by atoms with E-state index in [1.54, 1.807) is 12.4 Å². The average Bonchev–Trinajstić information content (AvgIpc) is 3.23. The van der Waals surface area contributed by atoms with Gasteiger partial charge in [-0.25, -0.2) is 4.98 Å². The van der Waals surface area contributed by atoms with Crippen molar-refractivity contribution in [2.24, 2.45) is 0 Å². The standard InChI is InChI=1S/C19H18N4O2/c1-11(2)15-10-20-18(25-15)16-12(3)22-17-14(9-21-23(17)19(16)24)13-7-5-4-6-8-13/h4-11,22H,1-3H3. The monoisotopic (exact) mass is 334 g/mol. The van der Waals surface area contributed by atoms with Crippen molar-refractivity contribution in [2.45, 2.75) is 26.7 Å². The smallest absolute Gasteiger partial charge is 0.287 e. The lowest BCUT2D eigenvalue weighted by atomic mass is 10.1. The van der Waals surface area contributed by atoms with Gasteiger partial charge in [-0.15, -0.1) is 0 Å². The van der Waals surface area contributed by atoms with E-state index in [-0.39, 0.29) is 11.5 Å². The van der Waals surface area contributed by atoms with Crippen LogP contribution in [0.5, 0.6) is 0 Å². The predicted molar refractivity (Wildman–Crippen MR) is 95.6 cm³/mol. The molecule has 1 N–H and O–H groups in total. The van der Waals surface area contributed by atoms with Crippen molar-refractivity contribution < 1.29 is 4.42 Å². The van der Waals surface area contributed by atoms with Crippen molar-refractivity contribution in [3.8, 4) is 22.6 Å². The molecule has 0 spiro atoms. The van der Waals surface area contributed by atoms with Crippen LogP contribution in [-0.4, -0.2) is 19.6 Å². The molecular weight excluding hydrogens is 316 g/mol. The number of benzene rings is 1. The number of nitrogens with zero attached hydrogens (tertiary/aromatic N) is 3. The molecule has 0 fully saturated rings. The van der Waals surface area contributed by atoms with E-state index in [1.807, 2.05) is 51.1 Å². The number of rotatable bonds is 3. The third kappa shape index (κ3) is 2.46. The normalized spacial score (nSPS) is 11.5. The summed E-state index contributed by atoms with van der Waals surface area (Å²) >= 11 is 0. The van der Waals surface area contributed by atoms with Crippen LogP contribution < -0.4 is 5.56 Å². The molecule has 0 aliphatic carbocycles. The van der Waals surface area contributed by atoms with Crippen LogP contribution in [0.1, 0.15) is 31.2 Å². The summed E-state index contributed by atoms with van der Waals surface area (Å²) in [5.74, 6) is 1.28. The summed E-state index contributed by atoms with van der Waals surface area (Å²) in [7, 11) is 0. The summed E-state index contributed by atoms with van der Waals surface area (Å²) < 4.78 is 7.13. The molecule has 0 radical (unpaired) electrons. The maximum absolute atomic E-state index is 13.0. The maximum atomic E-state index is 13.0. The van der Waals surface area contributed by atoms with Crippen LogP contribution in [0.3, 0.4) is 0 Å². The van der Waals surface area contributed by atoms with E-state index in [0.29, 0.717) is 22.8 Å². The summed E-state index contributed by atoms with van der Waals surface area (Å²) in [6.07, 6.45) is 3.36. The van der Waals surface area contributed by atoms with Crippen molar-refractivity contribution in [3.63, 3.8) is 0 Å². The van der Waals surface area contributed by atoms with Gasteiger partial charge in [-0.1, -0.05) is 44.2 Å². The van der Waals surface area contributed by atoms with Gasteiger partial charge in [0.1, 0.15) is 17.0 Å². The van der Waals surface area contributed by atoms with Crippen molar-refractivity contribution in [1.29, 1.82) is 0 Å². The minimum absolute atomic E-state index is 0.207. The zero-order valence-corrected chi connectivity index (χ0v) is 14.3. The van der Waals surface area contributed by atoms with E-state index in [1.165, 1.54) is 4.52 Å². The Morgan fingerprint density at radius 2 is 1.92 bits per heavy atom. The van der Waals surface area contributed by atoms with Gasteiger partial charge in [-0.3, -0.25) is 4.79 Å². The Bertz CT molecular complexity index is 1100. The minimum Gasteiger partial charge on any atom is -0.441 e. The van der Waals surface area contributed by atoms with Crippen molar-refractivity contribution in [1.82, 2.24) is 19.6 Å². The molecule has 1 aromatic carbocycles. The molecule has 0 aliphatic rings. The number of hydrogen-bond donors (Lipinski definition) is 1. The maximum Gasteiger partial charge on any atom is 0.287 e. The Morgan fingerprint density at radius 1 is 1.16 bits per heavy atom. The lowest BCUT2D eigenvalue weighted by Gasteiger charge is -2.05. The topological polar surface area (TPSA) is 76.2 Å². The molecule has 25 heavy (non-hydrogen) atoms. The molecule has 0 bridgehead atoms. The second-order valence-electron chi connectivity index (χ2n) is 6.34. The molecule has 6 heteroatoms. The van der Waals surface area contributed by atoms with Gasteiger partial charge in [0.05, 0.1) is 12.4 Å². The SMILES string of the molecule is Cc1[nH]c2c(-c3ccccc3)cnn2c(=O)c1-c1ncc(C(C)C)o1. The fourth-order valence-corrected chi connectivity index (χ4v) is 2.88. The number of H-pyrrole nitrogens is 1. The van der Waals surface area contributed by atoms with Gasteiger partial charge >= 0.3 is 0 Å². The van der Waals surface area contributed by atoms with Gasteiger partial charge in [0.25, 0.3) is 5.56 Å². The molecule has 0 unspecified atom stereocenters. The number of nitrogens with one attached hydrogen (secondary N) is 1. The van der Waals surface area contributed by atoms with E-state index in [4.69, 9.17) is 4.42 Å². The summed E-state index contributed by atoms with van der Waals surface area (Å²) in [6, 6.07) is 9.84. The quantitative estimate of drug-likeness (QED) is 0.618. The molecule has 0 amide bonds. The first kappa shape index (κ1) is 15.4. The Hall–Kier alpha value is -3.15. The Balaban J connectivity index is 1.93. The number of fused-ring (bicyclic) bond motifs is 1. The molecule has 0 saturated heterocycles. The third-order valence-corrected chi connectivity index (χ3v) is 4.25. The first-order valence-corrected chi connectivity index (χ1v) is 8.18. The van der Waals surface area contributed by atoms with Gasteiger partial charge in [-0.05, 0) is 12.5 Å². The van der Waals surface area contributed by atoms with Crippen molar-refractivity contribution >= 4 is 5.65 Å². The van der Waals surface area contributed by atoms with Gasteiger partial charge in [0, 0.05) is 17.2 Å². The van der Waals surface area contributed by atoms with Gasteiger partial charge in [-0.2, -0.15) is 9.61 Å². The zero-order chi connectivity index (χ0) is 17.6. The van der Waals surface area contributed by atoms with Crippen LogP contribution in [0.4, 0.5) is 0 Å². The fraction of sp³-hybridized carbons (Fsp3) is 0.211. The lowest BCUT2D eigenvalue weighted by molar-refractivity contribution is 0.494. The van der Waals surface area contributed by atoms with E-state index < -0.39 is 0 Å². The highest BCUT2D eigenvalue weighted by molar-refractivity contribution is 5.77. The summed E-state index contributed by atoms with van der Waals surface area (Å²) in [5.41, 5.74) is 3.40. The van der Waals surface area contributed by atoms with E-state index in [9.17, 15) is 4.79 Å². The number of hydrogen-bond acceptors (Lipinski definition) is 4. The van der Waals surface area contributed by atoms with Crippen LogP contribution in [0.2, 0.25) is 0 Å². The molecule has 0 saturated carbocycles. The third-order valence-electron chi connectivity index (χ3n) is 4.25. The van der Waals surface area contributed by atoms with Crippen LogP contribution in [0, 0.1) is 6.92 Å². The summed E-state index contributed by atoms with van der Waals surface area (Å²) in [4.78, 5) is 20.5. The van der Waals surface area contributed by atoms with E-state index in [0.717, 1.165) is 16.9 Å². The largest absolute Gasteiger partial charge is 0.441 e. The second-order valence-corrected chi connectivity index (χ2v) is 6.34. The molecule has 6 nitrogen and oxygen atoms in total. The zero-order valence-electron chi connectivity index (χ0n) is 14.3. The summed E-state index contributed by atoms with van der Waals surface area (Å²) in [6.45, 7) is 5.88. The average molecular weight is 334 g/mol. The number of aromatic nitrogens is 4.